The first-order valence-electron chi connectivity index (χ1n) is 9.84. The Morgan fingerprint density at radius 3 is 2.71 bits per heavy atom. The number of nitrogens with zero attached hydrogens (tertiary/aromatic N) is 2. The monoisotopic (exact) mass is 386 g/mol. The van der Waals surface area contributed by atoms with Gasteiger partial charge in [-0.1, -0.05) is 26.8 Å². The number of piperidine rings is 1. The van der Waals surface area contributed by atoms with Crippen LogP contribution in [0.5, 0.6) is 0 Å². The predicted molar refractivity (Wildman–Crippen MR) is 108 cm³/mol. The lowest BCUT2D eigenvalue weighted by atomic mass is 9.84. The van der Waals surface area contributed by atoms with Crippen LogP contribution < -0.4 is 0 Å². The first kappa shape index (κ1) is 21.7. The average Bonchev–Trinajstić information content (AvgIpc) is 2.71. The van der Waals surface area contributed by atoms with Gasteiger partial charge in [0.2, 0.25) is 11.7 Å². The number of Topliss-reactive ketones (excluding diaryl/α,β-unsaturated/α-hetero) is 1. The number of likely N-dealkylation sites (tertiary alicyclic amines) is 1. The van der Waals surface area contributed by atoms with E-state index < -0.39 is 23.1 Å². The van der Waals surface area contributed by atoms with Crippen molar-refractivity contribution in [2.24, 2.45) is 5.41 Å². The largest absolute Gasteiger partial charge is 0.428 e. The van der Waals surface area contributed by atoms with Crippen LogP contribution >= 0.6 is 0 Å². The molecule has 0 saturated carbocycles. The molecule has 0 aliphatic carbocycles. The highest BCUT2D eigenvalue weighted by atomic mass is 16.5. The zero-order valence-electron chi connectivity index (χ0n) is 17.0. The number of hydrogen-bond acceptors (Lipinski definition) is 6. The van der Waals surface area contributed by atoms with Crippen molar-refractivity contribution >= 4 is 23.5 Å². The van der Waals surface area contributed by atoms with Gasteiger partial charge in [-0.05, 0) is 43.7 Å². The topological polar surface area (TPSA) is 107 Å². The minimum atomic E-state index is -0.724. The van der Waals surface area contributed by atoms with Gasteiger partial charge >= 0.3 is 0 Å². The highest BCUT2D eigenvalue weighted by Gasteiger charge is 2.39. The van der Waals surface area contributed by atoms with Crippen LogP contribution in [0.25, 0.3) is 0 Å². The Kier molecular flexibility index (Phi) is 7.43. The SMILES string of the molecule is CCC(C)(C)C(=O)C(=O)N1CCCCC1C(=N)OC(=N)CCc1cccnc1. The summed E-state index contributed by atoms with van der Waals surface area (Å²) in [4.78, 5) is 30.9. The van der Waals surface area contributed by atoms with E-state index in [0.717, 1.165) is 18.4 Å². The van der Waals surface area contributed by atoms with Gasteiger partial charge in [0.05, 0.1) is 0 Å². The van der Waals surface area contributed by atoms with Crippen LogP contribution in [0.15, 0.2) is 24.5 Å². The standard InChI is InChI=1S/C21H30N4O3/c1-4-21(2,3)18(26)20(27)25-13-6-5-9-16(25)19(23)28-17(22)11-10-15-8-7-12-24-14-15/h7-8,12,14,16,22-23H,4-6,9-11,13H2,1-3H3. The van der Waals surface area contributed by atoms with Crippen LogP contribution in [0.4, 0.5) is 0 Å². The van der Waals surface area contributed by atoms with Crippen LogP contribution in [0, 0.1) is 16.2 Å². The smallest absolute Gasteiger partial charge is 0.291 e. The van der Waals surface area contributed by atoms with Gasteiger partial charge in [0.1, 0.15) is 6.04 Å². The van der Waals surface area contributed by atoms with Crippen molar-refractivity contribution in [3.63, 3.8) is 0 Å². The molecule has 2 heterocycles. The summed E-state index contributed by atoms with van der Waals surface area (Å²) in [7, 11) is 0. The number of pyridine rings is 1. The molecule has 28 heavy (non-hydrogen) atoms. The highest BCUT2D eigenvalue weighted by Crippen LogP contribution is 2.25. The number of ketones is 1. The Morgan fingerprint density at radius 2 is 2.07 bits per heavy atom. The van der Waals surface area contributed by atoms with Crippen LogP contribution in [0.3, 0.4) is 0 Å². The molecule has 152 valence electrons. The van der Waals surface area contributed by atoms with Gasteiger partial charge in [-0.15, -0.1) is 0 Å². The molecule has 0 aromatic carbocycles. The molecule has 1 aliphatic heterocycles. The molecule has 1 fully saturated rings. The maximum atomic E-state index is 12.8. The normalized spacial score (nSPS) is 17.1. The number of carbonyl (C=O) groups is 2. The first-order valence-corrected chi connectivity index (χ1v) is 9.84. The van der Waals surface area contributed by atoms with Crippen LogP contribution in [0.2, 0.25) is 0 Å². The van der Waals surface area contributed by atoms with E-state index in [1.807, 2.05) is 19.1 Å². The lowest BCUT2D eigenvalue weighted by Gasteiger charge is -2.36. The zero-order valence-corrected chi connectivity index (χ0v) is 17.0. The minimum Gasteiger partial charge on any atom is -0.428 e. The third-order valence-corrected chi connectivity index (χ3v) is 5.36. The number of nitrogens with one attached hydrogen (secondary N) is 2. The van der Waals surface area contributed by atoms with E-state index in [2.05, 4.69) is 4.98 Å². The fourth-order valence-electron chi connectivity index (χ4n) is 3.08. The number of carbonyl (C=O) groups excluding carboxylic acids is 2. The highest BCUT2D eigenvalue weighted by molar-refractivity contribution is 6.38. The Hall–Kier alpha value is -2.57. The summed E-state index contributed by atoms with van der Waals surface area (Å²) in [6, 6.07) is 3.17. The molecule has 7 nitrogen and oxygen atoms in total. The molecule has 0 radical (unpaired) electrons. The molecule has 1 aromatic rings. The third-order valence-electron chi connectivity index (χ3n) is 5.36. The average molecular weight is 386 g/mol. The van der Waals surface area contributed by atoms with Crippen molar-refractivity contribution in [2.75, 3.05) is 6.54 Å². The molecule has 2 rings (SSSR count). The fraction of sp³-hybridized carbons (Fsp3) is 0.571. The Bertz CT molecular complexity index is 730. The quantitative estimate of drug-likeness (QED) is 0.425. The van der Waals surface area contributed by atoms with Gasteiger partial charge in [-0.2, -0.15) is 0 Å². The number of ether oxygens (including phenoxy) is 1. The van der Waals surface area contributed by atoms with Crippen LogP contribution in [0.1, 0.15) is 58.4 Å². The van der Waals surface area contributed by atoms with Gasteiger partial charge < -0.3 is 9.64 Å². The number of aryl methyl sites for hydroxylation is 1. The van der Waals surface area contributed by atoms with Crippen molar-refractivity contribution in [3.05, 3.63) is 30.1 Å². The summed E-state index contributed by atoms with van der Waals surface area (Å²) in [5.74, 6) is -1.13. The third kappa shape index (κ3) is 5.47. The van der Waals surface area contributed by atoms with Crippen LogP contribution in [-0.2, 0) is 20.7 Å². The molecule has 1 saturated heterocycles. The maximum Gasteiger partial charge on any atom is 0.291 e. The first-order chi connectivity index (χ1) is 13.3. The van der Waals surface area contributed by atoms with E-state index in [4.69, 9.17) is 15.6 Å². The molecular weight excluding hydrogens is 356 g/mol. The Balaban J connectivity index is 1.98. The van der Waals surface area contributed by atoms with Gasteiger partial charge in [0.25, 0.3) is 5.91 Å². The number of amides is 1. The summed E-state index contributed by atoms with van der Waals surface area (Å²) in [5.41, 5.74) is 0.266. The summed E-state index contributed by atoms with van der Waals surface area (Å²) in [6.07, 6.45) is 7.16. The zero-order chi connectivity index (χ0) is 20.7. The molecule has 1 aromatic heterocycles. The lowest BCUT2D eigenvalue weighted by Crippen LogP contribution is -2.53. The molecule has 1 atom stereocenters. The second-order valence-electron chi connectivity index (χ2n) is 7.83. The van der Waals surface area contributed by atoms with E-state index in [9.17, 15) is 9.59 Å². The van der Waals surface area contributed by atoms with Crippen molar-refractivity contribution in [3.8, 4) is 0 Å². The van der Waals surface area contributed by atoms with Gasteiger partial charge in [-0.25, -0.2) is 0 Å². The van der Waals surface area contributed by atoms with Gasteiger partial charge in [0.15, 0.2) is 5.90 Å². The molecule has 2 N–H and O–H groups in total. The van der Waals surface area contributed by atoms with E-state index in [1.165, 1.54) is 4.90 Å². The number of aromatic nitrogens is 1. The lowest BCUT2D eigenvalue weighted by molar-refractivity contribution is -0.150. The van der Waals surface area contributed by atoms with Crippen LogP contribution in [-0.4, -0.2) is 46.0 Å². The fourth-order valence-corrected chi connectivity index (χ4v) is 3.08. The summed E-state index contributed by atoms with van der Waals surface area (Å²) in [5, 5.41) is 16.3. The van der Waals surface area contributed by atoms with Crippen molar-refractivity contribution in [1.29, 1.82) is 10.8 Å². The molecular formula is C21H30N4O3. The van der Waals surface area contributed by atoms with Crippen molar-refractivity contribution in [1.82, 2.24) is 9.88 Å². The minimum absolute atomic E-state index is 0.0213. The second kappa shape index (κ2) is 9.57. The van der Waals surface area contributed by atoms with Crippen molar-refractivity contribution in [2.45, 2.75) is 65.3 Å². The molecule has 0 bridgehead atoms. The maximum absolute atomic E-state index is 12.8. The number of rotatable bonds is 7. The van der Waals surface area contributed by atoms with E-state index in [-0.39, 0.29) is 11.8 Å². The van der Waals surface area contributed by atoms with E-state index >= 15 is 0 Å². The second-order valence-corrected chi connectivity index (χ2v) is 7.83. The molecule has 0 spiro atoms. The molecule has 1 amide bonds. The summed E-state index contributed by atoms with van der Waals surface area (Å²) in [6.45, 7) is 5.85. The molecule has 1 aliphatic rings. The van der Waals surface area contributed by atoms with Crippen molar-refractivity contribution < 1.29 is 14.3 Å². The Labute approximate surface area is 166 Å². The Morgan fingerprint density at radius 1 is 1.32 bits per heavy atom. The molecule has 1 unspecified atom stereocenters. The summed E-state index contributed by atoms with van der Waals surface area (Å²) < 4.78 is 5.42. The van der Waals surface area contributed by atoms with E-state index in [1.54, 1.807) is 26.2 Å². The summed E-state index contributed by atoms with van der Waals surface area (Å²) >= 11 is 0. The van der Waals surface area contributed by atoms with Gasteiger partial charge in [-0.3, -0.25) is 25.4 Å². The predicted octanol–water partition coefficient (Wildman–Crippen LogP) is 3.37. The molecule has 7 heteroatoms. The number of hydrogen-bond donors (Lipinski definition) is 2. The van der Waals surface area contributed by atoms with E-state index in [0.29, 0.717) is 32.2 Å². The van der Waals surface area contributed by atoms with Gasteiger partial charge in [0, 0.05) is 30.8 Å².